The quantitative estimate of drug-likeness (QED) is 0.195. The van der Waals surface area contributed by atoms with Crippen molar-refractivity contribution in [2.45, 2.75) is 13.8 Å². The van der Waals surface area contributed by atoms with E-state index in [4.69, 9.17) is 26.3 Å². The molecule has 0 spiro atoms. The molecule has 1 aliphatic rings. The summed E-state index contributed by atoms with van der Waals surface area (Å²) in [5.41, 5.74) is 5.07. The number of rotatable bonds is 5. The molecule has 6 nitrogen and oxygen atoms in total. The van der Waals surface area contributed by atoms with Crippen LogP contribution >= 0.6 is 22.9 Å². The molecule has 3 aromatic carbocycles. The molecule has 2 heterocycles. The number of piperazine rings is 1. The number of amides is 1. The number of thiazole rings is 1. The minimum absolute atomic E-state index is 0.262. The number of hydrogen-bond donors (Lipinski definition) is 0. The fraction of sp³-hybridized carbons (Fsp3) is 0.233. The van der Waals surface area contributed by atoms with E-state index in [0.717, 1.165) is 38.2 Å². The first-order valence-electron chi connectivity index (χ1n) is 12.7. The molecular formula is C30H29ClN4O2S. The molecule has 0 aliphatic carbocycles. The number of carbonyl (C=O) groups is 1. The zero-order valence-corrected chi connectivity index (χ0v) is 23.0. The second-order valence-electron chi connectivity index (χ2n) is 9.02. The molecule has 0 N–H and O–H groups in total. The highest BCUT2D eigenvalue weighted by Crippen LogP contribution is 2.40. The second kappa shape index (κ2) is 11.8. The van der Waals surface area contributed by atoms with Crippen LogP contribution in [0.1, 0.15) is 18.1 Å². The van der Waals surface area contributed by atoms with Crippen LogP contribution in [0.15, 0.2) is 83.9 Å². The molecule has 1 aliphatic heterocycles. The number of hydrogen-bond acceptors (Lipinski definition) is 5. The Hall–Kier alpha value is -3.68. The van der Waals surface area contributed by atoms with Gasteiger partial charge in [0.05, 0.1) is 6.61 Å². The van der Waals surface area contributed by atoms with E-state index in [-0.39, 0.29) is 6.09 Å². The summed E-state index contributed by atoms with van der Waals surface area (Å²) in [7, 11) is 0. The lowest BCUT2D eigenvalue weighted by Crippen LogP contribution is -2.50. The van der Waals surface area contributed by atoms with E-state index in [1.807, 2.05) is 49.4 Å². The molecule has 1 saturated heterocycles. The molecule has 4 aromatic rings. The fourth-order valence-corrected chi connectivity index (χ4v) is 5.41. The number of aromatic nitrogens is 1. The van der Waals surface area contributed by atoms with Crippen LogP contribution in [0.2, 0.25) is 5.02 Å². The van der Waals surface area contributed by atoms with E-state index in [2.05, 4.69) is 48.2 Å². The predicted octanol–water partition coefficient (Wildman–Crippen LogP) is 7.29. The van der Waals surface area contributed by atoms with Crippen LogP contribution in [0.3, 0.4) is 0 Å². The Bertz CT molecular complexity index is 1410. The Kier molecular flexibility index (Phi) is 8.05. The molecule has 1 fully saturated rings. The third-order valence-corrected chi connectivity index (χ3v) is 7.62. The van der Waals surface area contributed by atoms with Gasteiger partial charge in [-0.15, -0.1) is 0 Å². The molecule has 0 radical (unpaired) electrons. The minimum Gasteiger partial charge on any atom is -0.450 e. The van der Waals surface area contributed by atoms with Crippen LogP contribution in [0.4, 0.5) is 9.80 Å². The summed E-state index contributed by atoms with van der Waals surface area (Å²) in [6, 6.07) is 26.3. The van der Waals surface area contributed by atoms with E-state index in [1.165, 1.54) is 5.56 Å². The highest BCUT2D eigenvalue weighted by molar-refractivity contribution is 7.19. The number of ether oxygens (including phenoxy) is 1. The van der Waals surface area contributed by atoms with Gasteiger partial charge in [-0.2, -0.15) is 0 Å². The topological polar surface area (TPSA) is 58.0 Å². The number of nitrogens with zero attached hydrogens (tertiary/aromatic N) is 4. The number of benzene rings is 3. The number of halogens is 1. The summed E-state index contributed by atoms with van der Waals surface area (Å²) in [5.74, 6) is 0.872. The zero-order chi connectivity index (χ0) is 26.5. The maximum Gasteiger partial charge on any atom is 0.409 e. The molecule has 1 amide bonds. The average molecular weight is 545 g/mol. The Morgan fingerprint density at radius 3 is 2.24 bits per heavy atom. The molecule has 0 saturated carbocycles. The van der Waals surface area contributed by atoms with Crippen LogP contribution in [-0.2, 0) is 4.74 Å². The van der Waals surface area contributed by atoms with Crippen LogP contribution < -0.4 is 0 Å². The van der Waals surface area contributed by atoms with Crippen LogP contribution in [-0.4, -0.2) is 59.5 Å². The lowest BCUT2D eigenvalue weighted by molar-refractivity contribution is 0.0921. The van der Waals surface area contributed by atoms with Crippen molar-refractivity contribution < 1.29 is 9.53 Å². The highest BCUT2D eigenvalue weighted by Gasteiger charge is 2.25. The summed E-state index contributed by atoms with van der Waals surface area (Å²) < 4.78 is 5.21. The third kappa shape index (κ3) is 5.90. The number of amidine groups is 1. The van der Waals surface area contributed by atoms with Gasteiger partial charge in [0.1, 0.15) is 21.5 Å². The Morgan fingerprint density at radius 1 is 0.921 bits per heavy atom. The molecular weight excluding hydrogens is 516 g/mol. The summed E-state index contributed by atoms with van der Waals surface area (Å²) in [6.45, 7) is 6.76. The standard InChI is InChI=1S/C30H29ClN4O2S/c1-3-37-30(36)35-19-17-34(18-20-35)27(23-11-9-21(2)10-12-23)33-29-26(22-7-5-4-6-8-22)32-28(38-29)24-13-15-25(31)16-14-24/h4-16H,3,17-20H2,1-2H3. The highest BCUT2D eigenvalue weighted by atomic mass is 35.5. The first-order valence-corrected chi connectivity index (χ1v) is 13.9. The van der Waals surface area contributed by atoms with Gasteiger partial charge in [-0.1, -0.05) is 95.2 Å². The lowest BCUT2D eigenvalue weighted by atomic mass is 10.1. The van der Waals surface area contributed by atoms with Crippen molar-refractivity contribution in [3.63, 3.8) is 0 Å². The van der Waals surface area contributed by atoms with E-state index in [0.29, 0.717) is 37.8 Å². The van der Waals surface area contributed by atoms with E-state index in [9.17, 15) is 4.79 Å². The normalized spacial score (nSPS) is 14.0. The van der Waals surface area contributed by atoms with Crippen molar-refractivity contribution in [1.82, 2.24) is 14.8 Å². The molecule has 0 atom stereocenters. The third-order valence-electron chi connectivity index (χ3n) is 6.37. The van der Waals surface area contributed by atoms with Crippen molar-refractivity contribution in [3.05, 3.63) is 95.0 Å². The summed E-state index contributed by atoms with van der Waals surface area (Å²) in [5, 5.41) is 2.41. The van der Waals surface area contributed by atoms with Crippen molar-refractivity contribution in [2.75, 3.05) is 32.8 Å². The van der Waals surface area contributed by atoms with Gasteiger partial charge in [-0.25, -0.2) is 14.8 Å². The lowest BCUT2D eigenvalue weighted by Gasteiger charge is -2.36. The summed E-state index contributed by atoms with van der Waals surface area (Å²) >= 11 is 7.70. The van der Waals surface area contributed by atoms with Gasteiger partial charge in [0, 0.05) is 47.9 Å². The van der Waals surface area contributed by atoms with Gasteiger partial charge in [0.25, 0.3) is 0 Å². The molecule has 5 rings (SSSR count). The summed E-state index contributed by atoms with van der Waals surface area (Å²) in [6.07, 6.45) is -0.262. The van der Waals surface area contributed by atoms with Crippen molar-refractivity contribution >= 4 is 39.9 Å². The van der Waals surface area contributed by atoms with E-state index < -0.39 is 0 Å². The van der Waals surface area contributed by atoms with Gasteiger partial charge in [0.15, 0.2) is 0 Å². The Balaban J connectivity index is 1.56. The largest absolute Gasteiger partial charge is 0.450 e. The predicted molar refractivity (Wildman–Crippen MR) is 156 cm³/mol. The van der Waals surface area contributed by atoms with Crippen LogP contribution in [0.25, 0.3) is 21.8 Å². The van der Waals surface area contributed by atoms with Gasteiger partial charge in [-0.05, 0) is 26.0 Å². The minimum atomic E-state index is -0.262. The molecule has 1 aromatic heterocycles. The summed E-state index contributed by atoms with van der Waals surface area (Å²) in [4.78, 5) is 26.6. The van der Waals surface area contributed by atoms with E-state index >= 15 is 0 Å². The van der Waals surface area contributed by atoms with Crippen molar-refractivity contribution in [2.24, 2.45) is 4.99 Å². The van der Waals surface area contributed by atoms with Crippen molar-refractivity contribution in [1.29, 1.82) is 0 Å². The van der Waals surface area contributed by atoms with E-state index in [1.54, 1.807) is 16.2 Å². The first-order chi connectivity index (χ1) is 18.5. The first kappa shape index (κ1) is 25.9. The number of aryl methyl sites for hydroxylation is 1. The maximum absolute atomic E-state index is 12.3. The fourth-order valence-electron chi connectivity index (χ4n) is 4.32. The van der Waals surface area contributed by atoms with Gasteiger partial charge >= 0.3 is 6.09 Å². The Labute approximate surface area is 232 Å². The molecule has 0 unspecified atom stereocenters. The molecule has 194 valence electrons. The van der Waals surface area contributed by atoms with Gasteiger partial charge in [0.2, 0.25) is 0 Å². The monoisotopic (exact) mass is 544 g/mol. The zero-order valence-electron chi connectivity index (χ0n) is 21.4. The Morgan fingerprint density at radius 2 is 1.58 bits per heavy atom. The van der Waals surface area contributed by atoms with Crippen LogP contribution in [0, 0.1) is 6.92 Å². The van der Waals surface area contributed by atoms with Gasteiger partial charge < -0.3 is 14.5 Å². The number of carbonyl (C=O) groups excluding carboxylic acids is 1. The molecule has 0 bridgehead atoms. The van der Waals surface area contributed by atoms with Gasteiger partial charge in [-0.3, -0.25) is 0 Å². The SMILES string of the molecule is CCOC(=O)N1CCN(C(=Nc2sc(-c3ccc(Cl)cc3)nc2-c2ccccc2)c2ccc(C)cc2)CC1. The average Bonchev–Trinajstić information content (AvgIpc) is 3.37. The van der Waals surface area contributed by atoms with Crippen LogP contribution in [0.5, 0.6) is 0 Å². The molecule has 8 heteroatoms. The second-order valence-corrected chi connectivity index (χ2v) is 10.4. The van der Waals surface area contributed by atoms with Crippen molar-refractivity contribution in [3.8, 4) is 21.8 Å². The number of aliphatic imine (C=N–C) groups is 1. The molecule has 38 heavy (non-hydrogen) atoms. The maximum atomic E-state index is 12.3. The smallest absolute Gasteiger partial charge is 0.409 e.